The van der Waals surface area contributed by atoms with Crippen LogP contribution in [0.15, 0.2) is 52.3 Å². The Balaban J connectivity index is 1.99. The number of hydrogen-bond donors (Lipinski definition) is 0. The number of anilines is 2. The molecule has 0 amide bonds. The second kappa shape index (κ2) is 6.81. The van der Waals surface area contributed by atoms with Crippen LogP contribution in [-0.4, -0.2) is 32.1 Å². The minimum Gasteiger partial charge on any atom is -0.340 e. The van der Waals surface area contributed by atoms with Crippen molar-refractivity contribution in [3.8, 4) is 0 Å². The van der Waals surface area contributed by atoms with Gasteiger partial charge in [0.25, 0.3) is 0 Å². The second-order valence-electron chi connectivity index (χ2n) is 7.81. The standard InChI is InChI=1S/C21H28N2S/c1-21(2,3)16-11-12-20-18(15-16)23(14-8-13-22(4)5)17-9-6-7-10-19(17)24-20/h6-7,9-12,15H,8,13-14H2,1-5H3. The summed E-state index contributed by atoms with van der Waals surface area (Å²) < 4.78 is 0. The maximum Gasteiger partial charge on any atom is 0.0555 e. The Morgan fingerprint density at radius 2 is 1.67 bits per heavy atom. The van der Waals surface area contributed by atoms with Gasteiger partial charge in [0.05, 0.1) is 11.4 Å². The minimum absolute atomic E-state index is 0.173. The van der Waals surface area contributed by atoms with Crippen molar-refractivity contribution in [3.05, 3.63) is 48.0 Å². The summed E-state index contributed by atoms with van der Waals surface area (Å²) in [5.41, 5.74) is 4.29. The molecular weight excluding hydrogens is 312 g/mol. The molecule has 0 radical (unpaired) electrons. The van der Waals surface area contributed by atoms with Crippen molar-refractivity contribution in [2.24, 2.45) is 0 Å². The molecule has 1 aliphatic heterocycles. The molecule has 0 atom stereocenters. The summed E-state index contributed by atoms with van der Waals surface area (Å²) >= 11 is 1.89. The molecule has 0 saturated carbocycles. The highest BCUT2D eigenvalue weighted by atomic mass is 32.2. The molecule has 1 heterocycles. The number of nitrogens with zero attached hydrogens (tertiary/aromatic N) is 2. The number of benzene rings is 2. The molecule has 2 aromatic carbocycles. The largest absolute Gasteiger partial charge is 0.340 e. The van der Waals surface area contributed by atoms with E-state index in [0.717, 1.165) is 19.5 Å². The van der Waals surface area contributed by atoms with Gasteiger partial charge in [0.1, 0.15) is 0 Å². The number of fused-ring (bicyclic) bond motifs is 2. The lowest BCUT2D eigenvalue weighted by atomic mass is 9.87. The molecule has 24 heavy (non-hydrogen) atoms. The van der Waals surface area contributed by atoms with Crippen LogP contribution in [0.25, 0.3) is 0 Å². The lowest BCUT2D eigenvalue weighted by Crippen LogP contribution is -2.26. The Morgan fingerprint density at radius 1 is 0.958 bits per heavy atom. The zero-order chi connectivity index (χ0) is 17.3. The van der Waals surface area contributed by atoms with Crippen molar-refractivity contribution in [3.63, 3.8) is 0 Å². The maximum atomic E-state index is 2.51. The van der Waals surface area contributed by atoms with Crippen molar-refractivity contribution in [1.29, 1.82) is 0 Å². The summed E-state index contributed by atoms with van der Waals surface area (Å²) in [6.07, 6.45) is 1.16. The van der Waals surface area contributed by atoms with E-state index in [-0.39, 0.29) is 5.41 Å². The lowest BCUT2D eigenvalue weighted by molar-refractivity contribution is 0.402. The zero-order valence-electron chi connectivity index (χ0n) is 15.5. The van der Waals surface area contributed by atoms with E-state index >= 15 is 0 Å². The van der Waals surface area contributed by atoms with E-state index in [4.69, 9.17) is 0 Å². The van der Waals surface area contributed by atoms with E-state index < -0.39 is 0 Å². The fourth-order valence-corrected chi connectivity index (χ4v) is 4.16. The first-order valence-electron chi connectivity index (χ1n) is 8.70. The predicted molar refractivity (Wildman–Crippen MR) is 106 cm³/mol. The number of para-hydroxylation sites is 1. The van der Waals surface area contributed by atoms with Crippen LogP contribution in [0.1, 0.15) is 32.8 Å². The van der Waals surface area contributed by atoms with Crippen molar-refractivity contribution in [2.45, 2.75) is 42.4 Å². The SMILES string of the molecule is CN(C)CCCN1c2ccccc2Sc2ccc(C(C)(C)C)cc21. The third kappa shape index (κ3) is 3.62. The summed E-state index contributed by atoms with van der Waals surface area (Å²) in [7, 11) is 4.29. The molecule has 0 N–H and O–H groups in total. The Morgan fingerprint density at radius 3 is 2.38 bits per heavy atom. The summed E-state index contributed by atoms with van der Waals surface area (Å²) in [6.45, 7) is 9.02. The van der Waals surface area contributed by atoms with Crippen LogP contribution in [0.3, 0.4) is 0 Å². The van der Waals surface area contributed by atoms with Crippen molar-refractivity contribution in [2.75, 3.05) is 32.1 Å². The van der Waals surface area contributed by atoms with Gasteiger partial charge in [0.15, 0.2) is 0 Å². The molecule has 2 nitrogen and oxygen atoms in total. The Kier molecular flexibility index (Phi) is 4.93. The molecule has 3 rings (SSSR count). The van der Waals surface area contributed by atoms with Crippen molar-refractivity contribution >= 4 is 23.1 Å². The molecule has 1 aliphatic rings. The van der Waals surface area contributed by atoms with Crippen LogP contribution in [0, 0.1) is 0 Å². The molecule has 0 unspecified atom stereocenters. The van der Waals surface area contributed by atoms with Crippen LogP contribution in [0.4, 0.5) is 11.4 Å². The summed E-state index contributed by atoms with van der Waals surface area (Å²) in [5.74, 6) is 0. The zero-order valence-corrected chi connectivity index (χ0v) is 16.3. The van der Waals surface area contributed by atoms with Crippen LogP contribution < -0.4 is 4.90 Å². The van der Waals surface area contributed by atoms with Gasteiger partial charge in [-0.2, -0.15) is 0 Å². The number of rotatable bonds is 4. The third-order valence-corrected chi connectivity index (χ3v) is 5.61. The Bertz CT molecular complexity index is 716. The summed E-state index contributed by atoms with van der Waals surface area (Å²) in [5, 5.41) is 0. The van der Waals surface area contributed by atoms with E-state index in [1.165, 1.54) is 26.7 Å². The molecule has 2 aromatic rings. The summed E-state index contributed by atoms with van der Waals surface area (Å²) in [4.78, 5) is 7.50. The van der Waals surface area contributed by atoms with E-state index in [1.54, 1.807) is 0 Å². The van der Waals surface area contributed by atoms with Crippen LogP contribution in [-0.2, 0) is 5.41 Å². The van der Waals surface area contributed by atoms with Gasteiger partial charge in [-0.05, 0) is 62.3 Å². The maximum absolute atomic E-state index is 2.51. The monoisotopic (exact) mass is 340 g/mol. The molecule has 0 aliphatic carbocycles. The quantitative estimate of drug-likeness (QED) is 0.721. The first kappa shape index (κ1) is 17.4. The highest BCUT2D eigenvalue weighted by Gasteiger charge is 2.25. The Hall–Kier alpha value is -1.45. The smallest absolute Gasteiger partial charge is 0.0555 e. The molecular formula is C21H28N2S. The fraction of sp³-hybridized carbons (Fsp3) is 0.429. The van der Waals surface area contributed by atoms with Crippen molar-refractivity contribution < 1.29 is 0 Å². The van der Waals surface area contributed by atoms with Crippen LogP contribution in [0.2, 0.25) is 0 Å². The van der Waals surface area contributed by atoms with Gasteiger partial charge in [-0.1, -0.05) is 50.7 Å². The van der Waals surface area contributed by atoms with E-state index in [1.807, 2.05) is 11.8 Å². The molecule has 0 aromatic heterocycles. The van der Waals surface area contributed by atoms with Gasteiger partial charge in [-0.25, -0.2) is 0 Å². The molecule has 0 bridgehead atoms. The van der Waals surface area contributed by atoms with Crippen LogP contribution in [0.5, 0.6) is 0 Å². The molecule has 0 fully saturated rings. The van der Waals surface area contributed by atoms with E-state index in [2.05, 4.69) is 87.1 Å². The highest BCUT2D eigenvalue weighted by molar-refractivity contribution is 7.99. The predicted octanol–water partition coefficient (Wildman–Crippen LogP) is 5.54. The molecule has 3 heteroatoms. The average Bonchev–Trinajstić information content (AvgIpc) is 2.52. The van der Waals surface area contributed by atoms with Gasteiger partial charge in [0, 0.05) is 16.3 Å². The highest BCUT2D eigenvalue weighted by Crippen LogP contribution is 2.49. The van der Waals surface area contributed by atoms with Gasteiger partial charge in [-0.15, -0.1) is 0 Å². The fourth-order valence-electron chi connectivity index (χ4n) is 3.08. The second-order valence-corrected chi connectivity index (χ2v) is 8.89. The molecule has 0 saturated heterocycles. The minimum atomic E-state index is 0.173. The lowest BCUT2D eigenvalue weighted by Gasteiger charge is -2.34. The first-order chi connectivity index (χ1) is 11.4. The molecule has 0 spiro atoms. The van der Waals surface area contributed by atoms with E-state index in [9.17, 15) is 0 Å². The van der Waals surface area contributed by atoms with Gasteiger partial charge < -0.3 is 9.80 Å². The van der Waals surface area contributed by atoms with E-state index in [0.29, 0.717) is 0 Å². The Labute approximate surface area is 150 Å². The average molecular weight is 341 g/mol. The number of hydrogen-bond acceptors (Lipinski definition) is 3. The van der Waals surface area contributed by atoms with Crippen LogP contribution >= 0.6 is 11.8 Å². The van der Waals surface area contributed by atoms with Gasteiger partial charge in [0.2, 0.25) is 0 Å². The molecule has 128 valence electrons. The topological polar surface area (TPSA) is 6.48 Å². The van der Waals surface area contributed by atoms with Gasteiger partial charge >= 0.3 is 0 Å². The normalized spacial score (nSPS) is 13.8. The van der Waals surface area contributed by atoms with Gasteiger partial charge in [-0.3, -0.25) is 0 Å². The first-order valence-corrected chi connectivity index (χ1v) is 9.51. The van der Waals surface area contributed by atoms with Crippen molar-refractivity contribution in [1.82, 2.24) is 4.90 Å². The summed E-state index contributed by atoms with van der Waals surface area (Å²) in [6, 6.07) is 15.8. The third-order valence-electron chi connectivity index (χ3n) is 4.48.